The van der Waals surface area contributed by atoms with Crippen LogP contribution >= 0.6 is 11.8 Å². The Hall–Kier alpha value is 0.310. The topological polar surface area (TPSA) is 12.0 Å². The van der Waals surface area contributed by atoms with Crippen molar-refractivity contribution in [3.05, 3.63) is 0 Å². The summed E-state index contributed by atoms with van der Waals surface area (Å²) in [4.78, 5) is 0. The highest BCUT2D eigenvalue weighted by Gasteiger charge is 2.36. The van der Waals surface area contributed by atoms with Crippen LogP contribution < -0.4 is 5.32 Å². The predicted octanol–water partition coefficient (Wildman–Crippen LogP) is 4.08. The van der Waals surface area contributed by atoms with Gasteiger partial charge in [0.1, 0.15) is 0 Å². The molecule has 0 aromatic rings. The summed E-state index contributed by atoms with van der Waals surface area (Å²) < 4.78 is 0. The largest absolute Gasteiger partial charge is 0.312 e. The molecule has 2 heteroatoms. The third kappa shape index (κ3) is 3.20. The summed E-state index contributed by atoms with van der Waals surface area (Å²) in [5.74, 6) is 2.66. The molecule has 100 valence electrons. The second kappa shape index (κ2) is 5.52. The molecular formula is C15H29NS. The molecule has 0 spiro atoms. The summed E-state index contributed by atoms with van der Waals surface area (Å²) >= 11 is 2.13. The molecule has 1 saturated heterocycles. The molecule has 1 aliphatic heterocycles. The highest BCUT2D eigenvalue weighted by Crippen LogP contribution is 2.41. The van der Waals surface area contributed by atoms with E-state index in [0.29, 0.717) is 10.8 Å². The molecule has 1 N–H and O–H groups in total. The van der Waals surface area contributed by atoms with Gasteiger partial charge in [-0.3, -0.25) is 0 Å². The van der Waals surface area contributed by atoms with E-state index < -0.39 is 0 Å². The Morgan fingerprint density at radius 3 is 2.47 bits per heavy atom. The first kappa shape index (κ1) is 13.7. The average molecular weight is 255 g/mol. The third-order valence-corrected chi connectivity index (χ3v) is 6.32. The standard InChI is InChI=1S/C15H29NS/c1-4-15(7-5-6-8-15)12-16-13-11-17-10-9-14(13,2)3/h13,16H,4-12H2,1-3H3. The number of hydrogen-bond donors (Lipinski definition) is 1. The van der Waals surface area contributed by atoms with Gasteiger partial charge in [0, 0.05) is 18.3 Å². The fourth-order valence-corrected chi connectivity index (χ4v) is 5.03. The SMILES string of the molecule is CCC1(CNC2CSCCC2(C)C)CCCC1. The van der Waals surface area contributed by atoms with Crippen LogP contribution in [0.2, 0.25) is 0 Å². The maximum Gasteiger partial charge on any atom is 0.0209 e. The van der Waals surface area contributed by atoms with Gasteiger partial charge in [0.15, 0.2) is 0 Å². The molecule has 1 heterocycles. The van der Waals surface area contributed by atoms with Crippen molar-refractivity contribution in [2.24, 2.45) is 10.8 Å². The van der Waals surface area contributed by atoms with Crippen LogP contribution in [0.15, 0.2) is 0 Å². The van der Waals surface area contributed by atoms with E-state index in [9.17, 15) is 0 Å². The van der Waals surface area contributed by atoms with Gasteiger partial charge < -0.3 is 5.32 Å². The van der Waals surface area contributed by atoms with Crippen LogP contribution in [0.1, 0.15) is 59.3 Å². The van der Waals surface area contributed by atoms with Gasteiger partial charge in [-0.1, -0.05) is 33.6 Å². The second-order valence-corrected chi connectivity index (χ2v) is 7.96. The molecule has 0 aromatic carbocycles. The minimum atomic E-state index is 0.499. The molecule has 0 amide bonds. The van der Waals surface area contributed by atoms with Gasteiger partial charge in [-0.05, 0) is 42.3 Å². The minimum absolute atomic E-state index is 0.499. The molecule has 1 atom stereocenters. The number of hydrogen-bond acceptors (Lipinski definition) is 2. The Bertz CT molecular complexity index is 243. The first-order valence-electron chi connectivity index (χ1n) is 7.39. The maximum absolute atomic E-state index is 3.92. The summed E-state index contributed by atoms with van der Waals surface area (Å²) in [6.45, 7) is 8.53. The van der Waals surface area contributed by atoms with Crippen molar-refractivity contribution in [3.8, 4) is 0 Å². The van der Waals surface area contributed by atoms with E-state index >= 15 is 0 Å². The highest BCUT2D eigenvalue weighted by atomic mass is 32.2. The lowest BCUT2D eigenvalue weighted by molar-refractivity contribution is 0.197. The van der Waals surface area contributed by atoms with E-state index in [1.54, 1.807) is 0 Å². The molecule has 2 fully saturated rings. The number of thioether (sulfide) groups is 1. The zero-order chi connectivity index (χ0) is 12.4. The fraction of sp³-hybridized carbons (Fsp3) is 1.00. The summed E-state index contributed by atoms with van der Waals surface area (Å²) in [5.41, 5.74) is 1.14. The van der Waals surface area contributed by atoms with Crippen molar-refractivity contribution in [1.29, 1.82) is 0 Å². The first-order valence-corrected chi connectivity index (χ1v) is 8.55. The van der Waals surface area contributed by atoms with Crippen molar-refractivity contribution in [1.82, 2.24) is 5.32 Å². The van der Waals surface area contributed by atoms with Crippen LogP contribution in [0.25, 0.3) is 0 Å². The summed E-state index contributed by atoms with van der Waals surface area (Å²) in [7, 11) is 0. The summed E-state index contributed by atoms with van der Waals surface area (Å²) in [6, 6.07) is 0.727. The van der Waals surface area contributed by atoms with Crippen molar-refractivity contribution in [2.45, 2.75) is 65.3 Å². The monoisotopic (exact) mass is 255 g/mol. The molecule has 1 nitrogen and oxygen atoms in total. The van der Waals surface area contributed by atoms with Crippen molar-refractivity contribution in [3.63, 3.8) is 0 Å². The van der Waals surface area contributed by atoms with Crippen LogP contribution in [0.3, 0.4) is 0 Å². The molecule has 1 aliphatic carbocycles. The molecular weight excluding hydrogens is 226 g/mol. The minimum Gasteiger partial charge on any atom is -0.312 e. The summed E-state index contributed by atoms with van der Waals surface area (Å²) in [5, 5.41) is 3.92. The van der Waals surface area contributed by atoms with E-state index in [2.05, 4.69) is 37.8 Å². The van der Waals surface area contributed by atoms with Gasteiger partial charge in [-0.2, -0.15) is 11.8 Å². The van der Waals surface area contributed by atoms with E-state index in [1.165, 1.54) is 56.6 Å². The Morgan fingerprint density at radius 2 is 1.88 bits per heavy atom. The quantitative estimate of drug-likeness (QED) is 0.812. The number of nitrogens with one attached hydrogen (secondary N) is 1. The van der Waals surface area contributed by atoms with Crippen LogP contribution in [-0.4, -0.2) is 24.1 Å². The lowest BCUT2D eigenvalue weighted by atomic mass is 9.79. The highest BCUT2D eigenvalue weighted by molar-refractivity contribution is 7.99. The fourth-order valence-electron chi connectivity index (χ4n) is 3.39. The smallest absolute Gasteiger partial charge is 0.0209 e. The molecule has 0 aromatic heterocycles. The molecule has 0 radical (unpaired) electrons. The van der Waals surface area contributed by atoms with Gasteiger partial charge in [0.05, 0.1) is 0 Å². The van der Waals surface area contributed by atoms with Crippen LogP contribution in [0.5, 0.6) is 0 Å². The van der Waals surface area contributed by atoms with Crippen molar-refractivity contribution < 1.29 is 0 Å². The van der Waals surface area contributed by atoms with Gasteiger partial charge in [-0.15, -0.1) is 0 Å². The van der Waals surface area contributed by atoms with Crippen molar-refractivity contribution in [2.75, 3.05) is 18.1 Å². The molecule has 1 unspecified atom stereocenters. The van der Waals surface area contributed by atoms with Gasteiger partial charge in [0.2, 0.25) is 0 Å². The van der Waals surface area contributed by atoms with Crippen LogP contribution in [0.4, 0.5) is 0 Å². The molecule has 2 rings (SSSR count). The van der Waals surface area contributed by atoms with Gasteiger partial charge >= 0.3 is 0 Å². The predicted molar refractivity (Wildman–Crippen MR) is 78.7 cm³/mol. The second-order valence-electron chi connectivity index (χ2n) is 6.81. The molecule has 1 saturated carbocycles. The number of rotatable bonds is 4. The van der Waals surface area contributed by atoms with E-state index in [1.807, 2.05) is 0 Å². The maximum atomic E-state index is 3.92. The van der Waals surface area contributed by atoms with Crippen molar-refractivity contribution >= 4 is 11.8 Å². The summed E-state index contributed by atoms with van der Waals surface area (Å²) in [6.07, 6.45) is 8.55. The lowest BCUT2D eigenvalue weighted by Crippen LogP contribution is -2.49. The molecule has 0 bridgehead atoms. The zero-order valence-corrected chi connectivity index (χ0v) is 12.7. The van der Waals surface area contributed by atoms with E-state index in [0.717, 1.165) is 6.04 Å². The zero-order valence-electron chi connectivity index (χ0n) is 11.8. The van der Waals surface area contributed by atoms with E-state index in [-0.39, 0.29) is 0 Å². The Balaban J connectivity index is 1.88. The first-order chi connectivity index (χ1) is 8.08. The van der Waals surface area contributed by atoms with Gasteiger partial charge in [0.25, 0.3) is 0 Å². The van der Waals surface area contributed by atoms with Crippen LogP contribution in [0, 0.1) is 10.8 Å². The Kier molecular flexibility index (Phi) is 4.46. The molecule has 2 aliphatic rings. The lowest BCUT2D eigenvalue weighted by Gasteiger charge is -2.41. The Labute approximate surface area is 112 Å². The van der Waals surface area contributed by atoms with Gasteiger partial charge in [-0.25, -0.2) is 0 Å². The molecule has 17 heavy (non-hydrogen) atoms. The third-order valence-electron chi connectivity index (χ3n) is 5.26. The normalized spacial score (nSPS) is 31.6. The Morgan fingerprint density at radius 1 is 1.18 bits per heavy atom. The van der Waals surface area contributed by atoms with Crippen LogP contribution in [-0.2, 0) is 0 Å². The average Bonchev–Trinajstić information content (AvgIpc) is 2.76. The van der Waals surface area contributed by atoms with E-state index in [4.69, 9.17) is 0 Å².